The maximum Gasteiger partial charge on any atom is 0.333 e. The van der Waals surface area contributed by atoms with Crippen LogP contribution < -0.4 is 0 Å². The number of ether oxygens (including phenoxy) is 1. The third kappa shape index (κ3) is 2.97. The second-order valence-corrected chi connectivity index (χ2v) is 4.56. The zero-order valence-corrected chi connectivity index (χ0v) is 8.76. The lowest BCUT2D eigenvalue weighted by Gasteiger charge is -2.05. The summed E-state index contributed by atoms with van der Waals surface area (Å²) in [7, 11) is 0. The van der Waals surface area contributed by atoms with E-state index in [9.17, 15) is 4.79 Å². The maximum absolute atomic E-state index is 11.2. The Morgan fingerprint density at radius 3 is 3.08 bits per heavy atom. The van der Waals surface area contributed by atoms with Gasteiger partial charge in [-0.05, 0) is 26.2 Å². The fourth-order valence-corrected chi connectivity index (χ4v) is 1.27. The van der Waals surface area contributed by atoms with Crippen molar-refractivity contribution in [2.75, 3.05) is 6.61 Å². The lowest BCUT2D eigenvalue weighted by Crippen LogP contribution is -2.12. The van der Waals surface area contributed by atoms with Gasteiger partial charge in [0.2, 0.25) is 0 Å². The quantitative estimate of drug-likeness (QED) is 0.552. The molecule has 0 bridgehead atoms. The predicted octanol–water partition coefficient (Wildman–Crippen LogP) is 2.42. The molecule has 0 aliphatic heterocycles. The fourth-order valence-electron chi connectivity index (χ4n) is 1.14. The second-order valence-electron chi connectivity index (χ2n) is 3.00. The molecule has 68 valence electrons. The molecule has 0 radical (unpaired) electrons. The van der Waals surface area contributed by atoms with Gasteiger partial charge in [0.05, 0.1) is 0 Å². The highest BCUT2D eigenvalue weighted by Gasteiger charge is 2.14. The fraction of sp³-hybridized carbons (Fsp3) is 0.667. The first kappa shape index (κ1) is 9.78. The average Bonchev–Trinajstić information content (AvgIpc) is 2.51. The Hall–Kier alpha value is -0.310. The largest absolute Gasteiger partial charge is 0.461 e. The van der Waals surface area contributed by atoms with E-state index in [1.165, 1.54) is 0 Å². The van der Waals surface area contributed by atoms with E-state index in [0.29, 0.717) is 6.61 Å². The number of hydrogen-bond acceptors (Lipinski definition) is 2. The van der Waals surface area contributed by atoms with Crippen LogP contribution in [0, 0.1) is 0 Å². The molecule has 1 unspecified atom stereocenters. The van der Waals surface area contributed by atoms with Gasteiger partial charge >= 0.3 is 5.97 Å². The molecule has 0 spiro atoms. The van der Waals surface area contributed by atoms with Gasteiger partial charge in [0.25, 0.3) is 0 Å². The average molecular weight is 233 g/mol. The number of rotatable bonds is 3. The van der Waals surface area contributed by atoms with Crippen LogP contribution in [0.4, 0.5) is 0 Å². The van der Waals surface area contributed by atoms with Crippen molar-refractivity contribution in [2.24, 2.45) is 0 Å². The first-order valence-corrected chi connectivity index (χ1v) is 5.12. The molecule has 0 aromatic rings. The summed E-state index contributed by atoms with van der Waals surface area (Å²) in [5.41, 5.74) is 0.850. The Kier molecular flexibility index (Phi) is 3.79. The standard InChI is InChI=1S/C9H13BrO2/c1-7(10)6-12-9(11)8-4-2-3-5-8/h4,7H,2-3,5-6H2,1H3. The molecule has 0 saturated heterocycles. The van der Waals surface area contributed by atoms with Gasteiger partial charge in [0.15, 0.2) is 0 Å². The zero-order valence-electron chi connectivity index (χ0n) is 7.18. The minimum Gasteiger partial charge on any atom is -0.461 e. The minimum atomic E-state index is -0.140. The van der Waals surface area contributed by atoms with Crippen LogP contribution in [0.15, 0.2) is 11.6 Å². The summed E-state index contributed by atoms with van der Waals surface area (Å²) in [5, 5.41) is 0. The number of esters is 1. The van der Waals surface area contributed by atoms with E-state index in [4.69, 9.17) is 4.74 Å². The van der Waals surface area contributed by atoms with E-state index in [-0.39, 0.29) is 10.8 Å². The van der Waals surface area contributed by atoms with Crippen molar-refractivity contribution < 1.29 is 9.53 Å². The van der Waals surface area contributed by atoms with Gasteiger partial charge < -0.3 is 4.74 Å². The highest BCUT2D eigenvalue weighted by molar-refractivity contribution is 9.09. The summed E-state index contributed by atoms with van der Waals surface area (Å²) in [6.07, 6.45) is 4.97. The first-order chi connectivity index (χ1) is 5.70. The summed E-state index contributed by atoms with van der Waals surface area (Å²) in [6.45, 7) is 2.41. The highest BCUT2D eigenvalue weighted by Crippen LogP contribution is 2.18. The predicted molar refractivity (Wildman–Crippen MR) is 51.3 cm³/mol. The van der Waals surface area contributed by atoms with Crippen molar-refractivity contribution in [1.29, 1.82) is 0 Å². The third-order valence-corrected chi connectivity index (χ3v) is 2.01. The molecule has 1 atom stereocenters. The minimum absolute atomic E-state index is 0.140. The van der Waals surface area contributed by atoms with Crippen molar-refractivity contribution in [3.8, 4) is 0 Å². The SMILES string of the molecule is CC(Br)COC(=O)C1=CCCC1. The topological polar surface area (TPSA) is 26.3 Å². The lowest BCUT2D eigenvalue weighted by atomic mass is 10.2. The summed E-state index contributed by atoms with van der Waals surface area (Å²) in [5.74, 6) is -0.140. The molecule has 0 N–H and O–H groups in total. The van der Waals surface area contributed by atoms with E-state index in [2.05, 4.69) is 15.9 Å². The van der Waals surface area contributed by atoms with Crippen LogP contribution in [0.2, 0.25) is 0 Å². The van der Waals surface area contributed by atoms with Crippen molar-refractivity contribution in [3.63, 3.8) is 0 Å². The zero-order chi connectivity index (χ0) is 8.97. The van der Waals surface area contributed by atoms with Gasteiger partial charge in [0.1, 0.15) is 6.61 Å². The van der Waals surface area contributed by atoms with Crippen LogP contribution in [0.5, 0.6) is 0 Å². The number of carbonyl (C=O) groups is 1. The van der Waals surface area contributed by atoms with Gasteiger partial charge in [-0.15, -0.1) is 0 Å². The van der Waals surface area contributed by atoms with Crippen LogP contribution >= 0.6 is 15.9 Å². The summed E-state index contributed by atoms with van der Waals surface area (Å²) in [6, 6.07) is 0. The van der Waals surface area contributed by atoms with Gasteiger partial charge in [0, 0.05) is 10.4 Å². The van der Waals surface area contributed by atoms with Crippen molar-refractivity contribution in [3.05, 3.63) is 11.6 Å². The van der Waals surface area contributed by atoms with E-state index in [1.807, 2.05) is 13.0 Å². The third-order valence-electron chi connectivity index (χ3n) is 1.75. The molecule has 1 rings (SSSR count). The highest BCUT2D eigenvalue weighted by atomic mass is 79.9. The molecular formula is C9H13BrO2. The van der Waals surface area contributed by atoms with Gasteiger partial charge in [-0.25, -0.2) is 4.79 Å². The number of hydrogen-bond donors (Lipinski definition) is 0. The Balaban J connectivity index is 2.28. The number of halogens is 1. The molecule has 0 fully saturated rings. The van der Waals surface area contributed by atoms with Crippen LogP contribution in [0.1, 0.15) is 26.2 Å². The molecule has 2 nitrogen and oxygen atoms in total. The van der Waals surface area contributed by atoms with Gasteiger partial charge in [-0.2, -0.15) is 0 Å². The Bertz CT molecular complexity index is 197. The number of carbonyl (C=O) groups excluding carboxylic acids is 1. The van der Waals surface area contributed by atoms with Crippen LogP contribution in [-0.4, -0.2) is 17.4 Å². The van der Waals surface area contributed by atoms with Gasteiger partial charge in [-0.1, -0.05) is 22.0 Å². The lowest BCUT2D eigenvalue weighted by molar-refractivity contribution is -0.138. The molecule has 0 aromatic heterocycles. The molecule has 12 heavy (non-hydrogen) atoms. The second kappa shape index (κ2) is 4.65. The van der Waals surface area contributed by atoms with E-state index < -0.39 is 0 Å². The molecule has 0 heterocycles. The van der Waals surface area contributed by atoms with E-state index in [1.54, 1.807) is 0 Å². The molecule has 1 aliphatic rings. The Morgan fingerprint density at radius 1 is 1.83 bits per heavy atom. The summed E-state index contributed by atoms with van der Waals surface area (Å²) >= 11 is 3.31. The van der Waals surface area contributed by atoms with Gasteiger partial charge in [-0.3, -0.25) is 0 Å². The molecule has 0 amide bonds. The Labute approximate surface area is 81.1 Å². The number of alkyl halides is 1. The van der Waals surface area contributed by atoms with Crippen LogP contribution in [-0.2, 0) is 9.53 Å². The van der Waals surface area contributed by atoms with Crippen LogP contribution in [0.25, 0.3) is 0 Å². The monoisotopic (exact) mass is 232 g/mol. The van der Waals surface area contributed by atoms with Crippen molar-refractivity contribution in [2.45, 2.75) is 31.0 Å². The first-order valence-electron chi connectivity index (χ1n) is 4.20. The van der Waals surface area contributed by atoms with Crippen LogP contribution in [0.3, 0.4) is 0 Å². The molecule has 1 aliphatic carbocycles. The van der Waals surface area contributed by atoms with E-state index in [0.717, 1.165) is 24.8 Å². The van der Waals surface area contributed by atoms with Crippen molar-refractivity contribution >= 4 is 21.9 Å². The molecule has 0 saturated carbocycles. The molecule has 3 heteroatoms. The number of allylic oxidation sites excluding steroid dienone is 1. The molecular weight excluding hydrogens is 220 g/mol. The molecule has 0 aromatic carbocycles. The summed E-state index contributed by atoms with van der Waals surface area (Å²) < 4.78 is 5.03. The van der Waals surface area contributed by atoms with Crippen molar-refractivity contribution in [1.82, 2.24) is 0 Å². The Morgan fingerprint density at radius 2 is 2.58 bits per heavy atom. The van der Waals surface area contributed by atoms with E-state index >= 15 is 0 Å². The maximum atomic E-state index is 11.2. The smallest absolute Gasteiger partial charge is 0.333 e. The normalized spacial score (nSPS) is 18.7. The summed E-state index contributed by atoms with van der Waals surface area (Å²) in [4.78, 5) is 11.5.